The van der Waals surface area contributed by atoms with Gasteiger partial charge in [-0.05, 0) is 90.6 Å². The molecule has 2 heterocycles. The van der Waals surface area contributed by atoms with Crippen LogP contribution in [0.25, 0.3) is 10.8 Å². The van der Waals surface area contributed by atoms with Crippen molar-refractivity contribution in [2.45, 2.75) is 76.0 Å². The zero-order valence-corrected chi connectivity index (χ0v) is 33.1. The normalized spacial score (nSPS) is 25.8. The number of amides is 1. The van der Waals surface area contributed by atoms with Gasteiger partial charge in [0.05, 0.1) is 18.2 Å². The fourth-order valence-electron chi connectivity index (χ4n) is 9.56. The Labute approximate surface area is 331 Å². The highest BCUT2D eigenvalue weighted by Crippen LogP contribution is 2.62. The molecule has 6 atom stereocenters. The zero-order valence-electron chi connectivity index (χ0n) is 33.1. The Hall–Kier alpha value is -4.22. The number of hydrogen-bond donors (Lipinski definition) is 2. The van der Waals surface area contributed by atoms with Crippen LogP contribution in [0.5, 0.6) is 11.5 Å². The third-order valence-corrected chi connectivity index (χ3v) is 12.2. The van der Waals surface area contributed by atoms with E-state index in [9.17, 15) is 10.2 Å². The van der Waals surface area contributed by atoms with Gasteiger partial charge in [0.2, 0.25) is 5.79 Å². The van der Waals surface area contributed by atoms with Crippen molar-refractivity contribution in [3.8, 4) is 11.5 Å². The highest BCUT2D eigenvalue weighted by Gasteiger charge is 2.65. The van der Waals surface area contributed by atoms with Crippen LogP contribution in [-0.2, 0) is 9.57 Å². The van der Waals surface area contributed by atoms with Gasteiger partial charge in [0.1, 0.15) is 31.3 Å². The van der Waals surface area contributed by atoms with Crippen molar-refractivity contribution >= 4 is 22.4 Å². The van der Waals surface area contributed by atoms with Crippen molar-refractivity contribution < 1.29 is 34.1 Å². The average Bonchev–Trinajstić information content (AvgIpc) is 4.05. The lowest BCUT2D eigenvalue weighted by molar-refractivity contribution is -0.254. The predicted octanol–water partition coefficient (Wildman–Crippen LogP) is 7.35. The van der Waals surface area contributed by atoms with Crippen LogP contribution in [0.1, 0.15) is 80.1 Å². The van der Waals surface area contributed by atoms with Crippen molar-refractivity contribution in [1.82, 2.24) is 9.80 Å². The quantitative estimate of drug-likeness (QED) is 0.0532. The Morgan fingerprint density at radius 2 is 1.82 bits per heavy atom. The molecule has 2 aliphatic carbocycles. The van der Waals surface area contributed by atoms with Crippen LogP contribution < -0.4 is 9.47 Å². The minimum absolute atomic E-state index is 0.0911. The molecule has 0 aromatic heterocycles. The molecule has 56 heavy (non-hydrogen) atoms. The molecule has 2 fully saturated rings. The molecule has 0 bridgehead atoms. The van der Waals surface area contributed by atoms with E-state index >= 15 is 4.79 Å². The van der Waals surface area contributed by atoms with E-state index in [0.29, 0.717) is 31.6 Å². The first-order valence-corrected chi connectivity index (χ1v) is 20.7. The van der Waals surface area contributed by atoms with Crippen LogP contribution in [0.2, 0.25) is 0 Å². The van der Waals surface area contributed by atoms with Crippen LogP contribution >= 0.6 is 0 Å². The minimum atomic E-state index is -1.29. The SMILES string of the molecule is C=CCO[C@@]12Oc3ccc(OCCN4CC4)cc3[C@H]3[C@H](CCCCO)[C@@H](CCCCO)C=C(C(=NOC)C[C@@H]1N(CCC)C(=O)c1ccc4ccccc4c1)[C@H]32. The van der Waals surface area contributed by atoms with Gasteiger partial charge in [-0.25, -0.2) is 0 Å². The van der Waals surface area contributed by atoms with Crippen LogP contribution in [0, 0.1) is 17.8 Å². The van der Waals surface area contributed by atoms with Gasteiger partial charge in [0.25, 0.3) is 5.91 Å². The van der Waals surface area contributed by atoms with E-state index in [0.717, 1.165) is 97.3 Å². The van der Waals surface area contributed by atoms with E-state index in [4.69, 9.17) is 24.2 Å². The summed E-state index contributed by atoms with van der Waals surface area (Å²) >= 11 is 0. The smallest absolute Gasteiger partial charge is 0.254 e. The molecule has 3 aromatic rings. The third-order valence-electron chi connectivity index (χ3n) is 12.2. The highest BCUT2D eigenvalue weighted by molar-refractivity contribution is 6.04. The molecule has 0 radical (unpaired) electrons. The molecular formula is C46H59N3O7. The van der Waals surface area contributed by atoms with Crippen LogP contribution in [-0.4, -0.2) is 103 Å². The molecule has 1 saturated heterocycles. The second-order valence-electron chi connectivity index (χ2n) is 15.7. The predicted molar refractivity (Wildman–Crippen MR) is 219 cm³/mol. The molecule has 2 N–H and O–H groups in total. The average molecular weight is 766 g/mol. The van der Waals surface area contributed by atoms with Gasteiger partial charge in [-0.2, -0.15) is 0 Å². The summed E-state index contributed by atoms with van der Waals surface area (Å²) in [6.45, 7) is 10.8. The summed E-state index contributed by atoms with van der Waals surface area (Å²) in [6, 6.07) is 19.6. The highest BCUT2D eigenvalue weighted by atomic mass is 16.7. The number of benzene rings is 3. The Balaban J connectivity index is 1.40. The summed E-state index contributed by atoms with van der Waals surface area (Å²) in [6.07, 6.45) is 10.2. The Kier molecular flexibility index (Phi) is 13.1. The topological polar surface area (TPSA) is 113 Å². The number of ether oxygens (including phenoxy) is 3. The molecule has 2 aliphatic heterocycles. The van der Waals surface area contributed by atoms with Gasteiger partial charge in [-0.1, -0.05) is 67.4 Å². The maximum absolute atomic E-state index is 15.0. The van der Waals surface area contributed by atoms with Crippen molar-refractivity contribution in [2.75, 3.05) is 59.7 Å². The summed E-state index contributed by atoms with van der Waals surface area (Å²) in [5.41, 5.74) is 3.48. The van der Waals surface area contributed by atoms with E-state index < -0.39 is 11.8 Å². The first kappa shape index (κ1) is 40.0. The first-order valence-electron chi connectivity index (χ1n) is 20.7. The number of nitrogens with zero attached hydrogens (tertiary/aromatic N) is 3. The lowest BCUT2D eigenvalue weighted by atomic mass is 9.55. The van der Waals surface area contributed by atoms with Gasteiger partial charge < -0.3 is 34.2 Å². The largest absolute Gasteiger partial charge is 0.492 e. The molecule has 3 aromatic carbocycles. The lowest BCUT2D eigenvalue weighted by Crippen LogP contribution is -2.70. The van der Waals surface area contributed by atoms with E-state index in [1.54, 1.807) is 13.2 Å². The molecule has 7 rings (SSSR count). The van der Waals surface area contributed by atoms with E-state index in [1.165, 1.54) is 0 Å². The Morgan fingerprint density at radius 3 is 2.55 bits per heavy atom. The maximum atomic E-state index is 15.0. The summed E-state index contributed by atoms with van der Waals surface area (Å²) in [4.78, 5) is 24.9. The van der Waals surface area contributed by atoms with Crippen LogP contribution in [0.4, 0.5) is 0 Å². The van der Waals surface area contributed by atoms with E-state index in [2.05, 4.69) is 36.6 Å². The van der Waals surface area contributed by atoms with Crippen molar-refractivity contribution in [3.05, 3.63) is 96.1 Å². The number of fused-ring (bicyclic) bond motifs is 3. The molecule has 300 valence electrons. The number of aliphatic hydroxyl groups excluding tert-OH is 2. The van der Waals surface area contributed by atoms with Gasteiger partial charge in [-0.3, -0.25) is 9.69 Å². The Morgan fingerprint density at radius 1 is 1.04 bits per heavy atom. The second kappa shape index (κ2) is 18.4. The van der Waals surface area contributed by atoms with Crippen LogP contribution in [0.15, 0.2) is 90.1 Å². The summed E-state index contributed by atoms with van der Waals surface area (Å²) < 4.78 is 20.8. The number of unbranched alkanes of at least 4 members (excludes halogenated alkanes) is 2. The van der Waals surface area contributed by atoms with Crippen molar-refractivity contribution in [1.29, 1.82) is 0 Å². The van der Waals surface area contributed by atoms with Crippen molar-refractivity contribution in [3.63, 3.8) is 0 Å². The zero-order chi connectivity index (χ0) is 39.1. The lowest BCUT2D eigenvalue weighted by Gasteiger charge is -2.60. The molecule has 4 aliphatic rings. The Bertz CT molecular complexity index is 1890. The van der Waals surface area contributed by atoms with Gasteiger partial charge >= 0.3 is 0 Å². The number of aliphatic hydroxyl groups is 2. The second-order valence-corrected chi connectivity index (χ2v) is 15.7. The fourth-order valence-corrected chi connectivity index (χ4v) is 9.56. The molecule has 0 unspecified atom stereocenters. The van der Waals surface area contributed by atoms with Gasteiger partial charge in [0, 0.05) is 62.9 Å². The number of rotatable bonds is 20. The minimum Gasteiger partial charge on any atom is -0.492 e. The molecule has 10 heteroatoms. The number of carbonyl (C=O) groups is 1. The van der Waals surface area contributed by atoms with E-state index in [1.807, 2.05) is 53.4 Å². The summed E-state index contributed by atoms with van der Waals surface area (Å²) in [5.74, 6) is 0.000938. The first-order chi connectivity index (χ1) is 27.5. The summed E-state index contributed by atoms with van der Waals surface area (Å²) in [5, 5.41) is 26.5. The van der Waals surface area contributed by atoms with Crippen LogP contribution in [0.3, 0.4) is 0 Å². The summed E-state index contributed by atoms with van der Waals surface area (Å²) in [7, 11) is 1.58. The fraction of sp³-hybridized carbons (Fsp3) is 0.522. The molecule has 10 nitrogen and oxygen atoms in total. The van der Waals surface area contributed by atoms with Gasteiger partial charge in [0.15, 0.2) is 0 Å². The number of allylic oxidation sites excluding steroid dienone is 1. The number of carbonyl (C=O) groups excluding carboxylic acids is 1. The molecule has 1 saturated carbocycles. The molecule has 1 amide bonds. The van der Waals surface area contributed by atoms with Crippen molar-refractivity contribution in [2.24, 2.45) is 22.9 Å². The number of hydrogen-bond acceptors (Lipinski definition) is 9. The third kappa shape index (κ3) is 8.26. The molecule has 0 spiro atoms. The van der Waals surface area contributed by atoms with Gasteiger partial charge in [-0.15, -0.1) is 6.58 Å². The molecular weight excluding hydrogens is 707 g/mol. The maximum Gasteiger partial charge on any atom is 0.254 e. The number of oxime groups is 1. The van der Waals surface area contributed by atoms with E-state index in [-0.39, 0.29) is 49.4 Å². The monoisotopic (exact) mass is 765 g/mol. The standard InChI is InChI=1S/C46H59N3O7/c1-4-20-49(45(52)35-17-16-32-12-6-7-13-33(32)28-35)42-31-40(47-53-3)38-29-34(14-8-10-24-50)37(15-9-11-25-51)43-39-30-36(54-27-23-48-21-22-48)18-19-41(39)56-46(42,44(38)43)55-26-5-2/h5-7,12-13,16-19,28-30,34,37,42-44,50-51H,2,4,8-11,14-15,20-27,31H2,1,3H3/t34-,37+,42-,43+,44+,46+/m0/s1.